The summed E-state index contributed by atoms with van der Waals surface area (Å²) in [5, 5.41) is 0.781. The number of hydrogen-bond donors (Lipinski definition) is 0. The Labute approximate surface area is 178 Å². The van der Waals surface area contributed by atoms with Gasteiger partial charge in [0.15, 0.2) is 0 Å². The van der Waals surface area contributed by atoms with E-state index in [9.17, 15) is 4.79 Å². The topological polar surface area (TPSA) is 31.7 Å². The molecule has 4 rings (SSSR count). The number of fused-ring (bicyclic) bond motifs is 1. The molecule has 3 heterocycles. The number of rotatable bonds is 5. The maximum absolute atomic E-state index is 13.0. The second kappa shape index (κ2) is 8.64. The lowest BCUT2D eigenvalue weighted by atomic mass is 10.1. The van der Waals surface area contributed by atoms with Gasteiger partial charge in [0.2, 0.25) is 0 Å². The van der Waals surface area contributed by atoms with Gasteiger partial charge in [-0.2, -0.15) is 0 Å². The molecule has 0 aliphatic carbocycles. The molecule has 0 bridgehead atoms. The number of benzene rings is 1. The third kappa shape index (κ3) is 4.36. The molecule has 6 heteroatoms. The number of piperazine rings is 1. The van der Waals surface area contributed by atoms with Gasteiger partial charge in [-0.15, -0.1) is 0 Å². The number of amides is 1. The second-order valence-corrected chi connectivity index (χ2v) is 8.43. The Morgan fingerprint density at radius 1 is 1.03 bits per heavy atom. The van der Waals surface area contributed by atoms with Crippen molar-refractivity contribution in [1.82, 2.24) is 14.4 Å². The first-order valence-electron chi connectivity index (χ1n) is 10.4. The van der Waals surface area contributed by atoms with Crippen LogP contribution in [0.1, 0.15) is 28.0 Å². The van der Waals surface area contributed by atoms with E-state index in [1.165, 1.54) is 5.69 Å². The number of carbonyl (C=O) groups excluding carboxylic acids is 1. The first-order valence-corrected chi connectivity index (χ1v) is 10.8. The molecule has 29 heavy (non-hydrogen) atoms. The normalized spacial score (nSPS) is 17.6. The summed E-state index contributed by atoms with van der Waals surface area (Å²) in [7, 11) is 2.00. The van der Waals surface area contributed by atoms with E-state index in [1.54, 1.807) is 0 Å². The summed E-state index contributed by atoms with van der Waals surface area (Å²) >= 11 is 5.99. The third-order valence-corrected chi connectivity index (χ3v) is 6.24. The number of anilines is 1. The number of carbonyl (C=O) groups is 1. The van der Waals surface area contributed by atoms with Gasteiger partial charge in [0.25, 0.3) is 5.91 Å². The minimum absolute atomic E-state index is 0.163. The van der Waals surface area contributed by atoms with Gasteiger partial charge >= 0.3 is 0 Å². The molecule has 1 aromatic heterocycles. The van der Waals surface area contributed by atoms with Crippen molar-refractivity contribution in [2.75, 3.05) is 50.7 Å². The molecule has 2 aliphatic rings. The molecule has 0 spiro atoms. The lowest BCUT2D eigenvalue weighted by molar-refractivity contribution is 0.0767. The van der Waals surface area contributed by atoms with Crippen LogP contribution in [-0.2, 0) is 7.05 Å². The molecule has 1 amide bonds. The van der Waals surface area contributed by atoms with Crippen LogP contribution in [0.3, 0.4) is 0 Å². The molecule has 0 unspecified atom stereocenters. The van der Waals surface area contributed by atoms with Crippen molar-refractivity contribution < 1.29 is 4.79 Å². The summed E-state index contributed by atoms with van der Waals surface area (Å²) in [4.78, 5) is 19.9. The predicted octanol–water partition coefficient (Wildman–Crippen LogP) is 3.67. The Morgan fingerprint density at radius 3 is 2.48 bits per heavy atom. The van der Waals surface area contributed by atoms with E-state index in [-0.39, 0.29) is 5.91 Å². The summed E-state index contributed by atoms with van der Waals surface area (Å²) in [6, 6.07) is 8.10. The van der Waals surface area contributed by atoms with Gasteiger partial charge in [-0.3, -0.25) is 9.69 Å². The molecule has 1 aromatic carbocycles. The summed E-state index contributed by atoms with van der Waals surface area (Å²) in [5.41, 5.74) is 4.18. The highest BCUT2D eigenvalue weighted by Crippen LogP contribution is 2.23. The van der Waals surface area contributed by atoms with Gasteiger partial charge in [-0.25, -0.2) is 0 Å². The number of hydrogen-bond acceptors (Lipinski definition) is 3. The van der Waals surface area contributed by atoms with E-state index in [1.807, 2.05) is 41.8 Å². The summed E-state index contributed by atoms with van der Waals surface area (Å²) in [5.74, 6) is 0.163. The fourth-order valence-electron chi connectivity index (χ4n) is 4.37. The monoisotopic (exact) mass is 412 g/mol. The van der Waals surface area contributed by atoms with Crippen molar-refractivity contribution in [3.8, 4) is 0 Å². The van der Waals surface area contributed by atoms with E-state index < -0.39 is 0 Å². The quantitative estimate of drug-likeness (QED) is 0.751. The second-order valence-electron chi connectivity index (χ2n) is 8.00. The van der Waals surface area contributed by atoms with Crippen molar-refractivity contribution in [2.45, 2.75) is 13.3 Å². The number of nitrogens with zero attached hydrogens (tertiary/aromatic N) is 4. The van der Waals surface area contributed by atoms with Gasteiger partial charge < -0.3 is 14.4 Å². The highest BCUT2D eigenvalue weighted by Gasteiger charge is 2.24. The van der Waals surface area contributed by atoms with E-state index >= 15 is 0 Å². The van der Waals surface area contributed by atoms with Crippen LogP contribution in [0.15, 0.2) is 36.5 Å². The maximum Gasteiger partial charge on any atom is 0.256 e. The van der Waals surface area contributed by atoms with Crippen LogP contribution >= 0.6 is 11.6 Å². The largest absolute Gasteiger partial charge is 0.369 e. The minimum Gasteiger partial charge on any atom is -0.369 e. The molecule has 2 aromatic rings. The Hall–Kier alpha value is -2.24. The van der Waals surface area contributed by atoms with Gasteiger partial charge in [0.05, 0.1) is 11.3 Å². The van der Waals surface area contributed by atoms with E-state index in [0.29, 0.717) is 6.54 Å². The van der Waals surface area contributed by atoms with Gasteiger partial charge in [-0.1, -0.05) is 17.7 Å². The molecule has 0 N–H and O–H groups in total. The fourth-order valence-corrected chi connectivity index (χ4v) is 4.50. The summed E-state index contributed by atoms with van der Waals surface area (Å²) in [6.45, 7) is 8.71. The Kier molecular flexibility index (Phi) is 5.97. The Balaban J connectivity index is 1.27. The van der Waals surface area contributed by atoms with Crippen LogP contribution in [0.25, 0.3) is 6.08 Å². The van der Waals surface area contributed by atoms with E-state index in [0.717, 1.165) is 67.5 Å². The van der Waals surface area contributed by atoms with Crippen molar-refractivity contribution in [2.24, 2.45) is 7.05 Å². The van der Waals surface area contributed by atoms with E-state index in [2.05, 4.69) is 34.1 Å². The minimum atomic E-state index is 0.163. The molecule has 154 valence electrons. The molecule has 2 aliphatic heterocycles. The highest BCUT2D eigenvalue weighted by molar-refractivity contribution is 6.30. The molecule has 0 atom stereocenters. The van der Waals surface area contributed by atoms with Gasteiger partial charge in [0, 0.05) is 63.2 Å². The van der Waals surface area contributed by atoms with Crippen molar-refractivity contribution in [3.05, 3.63) is 58.4 Å². The SMILES string of the molecule is Cc1cn(C)c2c1C(=O)N(CCCN1CCN(c3ccc(Cl)cc3)CC1)CC=C2. The highest BCUT2D eigenvalue weighted by atomic mass is 35.5. The van der Waals surface area contributed by atoms with E-state index in [4.69, 9.17) is 11.6 Å². The Morgan fingerprint density at radius 2 is 1.76 bits per heavy atom. The average Bonchev–Trinajstić information content (AvgIpc) is 2.89. The summed E-state index contributed by atoms with van der Waals surface area (Å²) < 4.78 is 2.04. The zero-order chi connectivity index (χ0) is 20.4. The number of halogens is 1. The molecule has 5 nitrogen and oxygen atoms in total. The zero-order valence-electron chi connectivity index (χ0n) is 17.3. The van der Waals surface area contributed by atoms with Crippen molar-refractivity contribution in [1.29, 1.82) is 0 Å². The predicted molar refractivity (Wildman–Crippen MR) is 120 cm³/mol. The van der Waals surface area contributed by atoms with Crippen LogP contribution in [-0.4, -0.2) is 66.1 Å². The van der Waals surface area contributed by atoms with Crippen LogP contribution in [0.2, 0.25) is 5.02 Å². The van der Waals surface area contributed by atoms with Gasteiger partial charge in [-0.05, 0) is 55.8 Å². The number of aryl methyl sites for hydroxylation is 2. The maximum atomic E-state index is 13.0. The van der Waals surface area contributed by atoms with Crippen LogP contribution in [0, 0.1) is 6.92 Å². The van der Waals surface area contributed by atoms with Crippen LogP contribution in [0.4, 0.5) is 5.69 Å². The fraction of sp³-hybridized carbons (Fsp3) is 0.435. The third-order valence-electron chi connectivity index (χ3n) is 5.99. The molecular formula is C23H29ClN4O. The first kappa shape index (κ1) is 20.0. The molecule has 1 fully saturated rings. The Bertz CT molecular complexity index is 894. The smallest absolute Gasteiger partial charge is 0.256 e. The zero-order valence-corrected chi connectivity index (χ0v) is 18.0. The standard InChI is InChI=1S/C23H29ClN4O/c1-18-17-25(2)21-5-3-11-28(23(29)22(18)21)12-4-10-26-13-15-27(16-14-26)20-8-6-19(24)7-9-20/h3,5-9,17H,4,10-16H2,1-2H3. The molecule has 0 radical (unpaired) electrons. The van der Waals surface area contributed by atoms with Crippen LogP contribution < -0.4 is 4.90 Å². The number of aromatic nitrogens is 1. The van der Waals surface area contributed by atoms with Crippen molar-refractivity contribution >= 4 is 29.3 Å². The lowest BCUT2D eigenvalue weighted by Gasteiger charge is -2.36. The molecule has 1 saturated heterocycles. The van der Waals surface area contributed by atoms with Crippen molar-refractivity contribution in [3.63, 3.8) is 0 Å². The first-order chi connectivity index (χ1) is 14.0. The molecular weight excluding hydrogens is 384 g/mol. The van der Waals surface area contributed by atoms with Gasteiger partial charge in [0.1, 0.15) is 0 Å². The van der Waals surface area contributed by atoms with Crippen LogP contribution in [0.5, 0.6) is 0 Å². The molecule has 0 saturated carbocycles. The average molecular weight is 413 g/mol. The lowest BCUT2D eigenvalue weighted by Crippen LogP contribution is -2.47. The summed E-state index contributed by atoms with van der Waals surface area (Å²) in [6.07, 6.45) is 7.22.